The Morgan fingerprint density at radius 1 is 1.16 bits per heavy atom. The van der Waals surface area contributed by atoms with Gasteiger partial charge in [-0.15, -0.1) is 35.3 Å². The topological polar surface area (TPSA) is 58.5 Å². The number of nitrogens with zero attached hydrogens (tertiary/aromatic N) is 2. The monoisotopic (exact) mass is 474 g/mol. The van der Waals surface area contributed by atoms with Gasteiger partial charge in [-0.3, -0.25) is 4.99 Å². The molecule has 0 amide bonds. The number of nitrogens with one attached hydrogen (secondary N) is 2. The number of rotatable bonds is 5. The number of halogens is 1. The minimum absolute atomic E-state index is 0. The van der Waals surface area contributed by atoms with E-state index in [9.17, 15) is 0 Å². The van der Waals surface area contributed by atoms with Gasteiger partial charge in [0, 0.05) is 24.4 Å². The molecule has 0 radical (unpaired) electrons. The number of benzene rings is 1. The molecule has 1 heterocycles. The predicted molar refractivity (Wildman–Crippen MR) is 116 cm³/mol. The quantitative estimate of drug-likeness (QED) is 0.392. The van der Waals surface area contributed by atoms with E-state index in [1.807, 2.05) is 24.3 Å². The minimum Gasteiger partial charge on any atom is -0.497 e. The van der Waals surface area contributed by atoms with Crippen molar-refractivity contribution in [1.82, 2.24) is 15.6 Å². The average Bonchev–Trinajstić information content (AvgIpc) is 3.05. The Hall–Kier alpha value is -1.35. The van der Waals surface area contributed by atoms with Gasteiger partial charge >= 0.3 is 0 Å². The lowest BCUT2D eigenvalue weighted by atomic mass is 9.98. The summed E-state index contributed by atoms with van der Waals surface area (Å²) in [6.07, 6.45) is 0. The smallest absolute Gasteiger partial charge is 0.191 e. The highest BCUT2D eigenvalue weighted by atomic mass is 127. The molecule has 5 nitrogen and oxygen atoms in total. The van der Waals surface area contributed by atoms with Gasteiger partial charge < -0.3 is 15.4 Å². The van der Waals surface area contributed by atoms with E-state index >= 15 is 0 Å². The molecule has 0 saturated heterocycles. The maximum Gasteiger partial charge on any atom is 0.191 e. The van der Waals surface area contributed by atoms with Crippen LogP contribution in [0.4, 0.5) is 0 Å². The van der Waals surface area contributed by atoms with E-state index in [4.69, 9.17) is 4.74 Å². The molecule has 0 unspecified atom stereocenters. The number of guanidine groups is 1. The van der Waals surface area contributed by atoms with Gasteiger partial charge in [-0.2, -0.15) is 0 Å². The molecule has 0 bridgehead atoms. The largest absolute Gasteiger partial charge is 0.497 e. The Bertz CT molecular complexity index is 677. The zero-order chi connectivity index (χ0) is 17.6. The van der Waals surface area contributed by atoms with Crippen molar-refractivity contribution < 1.29 is 4.74 Å². The van der Waals surface area contributed by atoms with E-state index in [-0.39, 0.29) is 29.4 Å². The van der Waals surface area contributed by atoms with Gasteiger partial charge in [-0.1, -0.05) is 32.9 Å². The molecular weight excluding hydrogens is 447 g/mol. The fourth-order valence-electron chi connectivity index (χ4n) is 2.06. The standard InChI is InChI=1S/C18H26N4OS.HI/c1-18(2,3)16-22-14(12-24-16)11-21-17(19-4)20-10-13-6-8-15(23-5)9-7-13;/h6-9,12H,10-11H2,1-5H3,(H2,19,20,21);1H. The molecule has 1 aromatic heterocycles. The summed E-state index contributed by atoms with van der Waals surface area (Å²) in [6, 6.07) is 7.98. The third-order valence-corrected chi connectivity index (χ3v) is 4.79. The second kappa shape index (κ2) is 9.96. The van der Waals surface area contributed by atoms with Crippen LogP contribution in [0.2, 0.25) is 0 Å². The first-order chi connectivity index (χ1) is 11.4. The molecule has 0 saturated carbocycles. The van der Waals surface area contributed by atoms with Crippen LogP contribution in [0.3, 0.4) is 0 Å². The third-order valence-electron chi connectivity index (χ3n) is 3.47. The van der Waals surface area contributed by atoms with Crippen LogP contribution in [0.1, 0.15) is 37.0 Å². The molecule has 0 aliphatic rings. The van der Waals surface area contributed by atoms with Gasteiger partial charge in [0.15, 0.2) is 5.96 Å². The highest BCUT2D eigenvalue weighted by Crippen LogP contribution is 2.25. The van der Waals surface area contributed by atoms with E-state index in [0.29, 0.717) is 13.1 Å². The number of ether oxygens (including phenoxy) is 1. The summed E-state index contributed by atoms with van der Waals surface area (Å²) in [5.41, 5.74) is 2.30. The number of thiazole rings is 1. The van der Waals surface area contributed by atoms with Crippen molar-refractivity contribution in [3.63, 3.8) is 0 Å². The second-order valence-corrected chi connectivity index (χ2v) is 7.38. The van der Waals surface area contributed by atoms with Gasteiger partial charge in [0.1, 0.15) is 5.75 Å². The Balaban J connectivity index is 0.00000312. The van der Waals surface area contributed by atoms with Crippen LogP contribution in [-0.2, 0) is 18.5 Å². The Kier molecular flexibility index (Phi) is 8.64. The first-order valence-electron chi connectivity index (χ1n) is 7.94. The van der Waals surface area contributed by atoms with Crippen molar-refractivity contribution >= 4 is 41.3 Å². The maximum atomic E-state index is 5.17. The summed E-state index contributed by atoms with van der Waals surface area (Å²) in [5, 5.41) is 9.86. The van der Waals surface area contributed by atoms with Gasteiger partial charge in [0.2, 0.25) is 0 Å². The molecule has 0 spiro atoms. The summed E-state index contributed by atoms with van der Waals surface area (Å²) in [4.78, 5) is 8.94. The highest BCUT2D eigenvalue weighted by Gasteiger charge is 2.17. The molecule has 2 rings (SSSR count). The molecule has 0 aliphatic heterocycles. The number of methoxy groups -OCH3 is 1. The van der Waals surface area contributed by atoms with Gasteiger partial charge in [0.05, 0.1) is 24.4 Å². The molecule has 25 heavy (non-hydrogen) atoms. The number of hydrogen-bond donors (Lipinski definition) is 2. The molecule has 0 aliphatic carbocycles. The molecule has 1 aromatic carbocycles. The van der Waals surface area contributed by atoms with E-state index in [1.54, 1.807) is 25.5 Å². The van der Waals surface area contributed by atoms with Crippen molar-refractivity contribution in [3.05, 3.63) is 45.9 Å². The molecule has 138 valence electrons. The minimum atomic E-state index is 0. The summed E-state index contributed by atoms with van der Waals surface area (Å²) in [7, 11) is 3.44. The Morgan fingerprint density at radius 2 is 1.80 bits per heavy atom. The molecule has 0 atom stereocenters. The Labute approximate surface area is 171 Å². The van der Waals surface area contributed by atoms with Crippen molar-refractivity contribution in [1.29, 1.82) is 0 Å². The lowest BCUT2D eigenvalue weighted by Gasteiger charge is -2.14. The van der Waals surface area contributed by atoms with Gasteiger partial charge in [-0.25, -0.2) is 4.98 Å². The average molecular weight is 474 g/mol. The lowest BCUT2D eigenvalue weighted by molar-refractivity contribution is 0.414. The molecular formula is C18H27IN4OS. The SMILES string of the molecule is CN=C(NCc1ccc(OC)cc1)NCc1csc(C(C)(C)C)n1.I. The Morgan fingerprint density at radius 3 is 2.32 bits per heavy atom. The van der Waals surface area contributed by atoms with E-state index in [2.05, 4.69) is 46.8 Å². The summed E-state index contributed by atoms with van der Waals surface area (Å²) in [6.45, 7) is 7.90. The summed E-state index contributed by atoms with van der Waals surface area (Å²) < 4.78 is 5.17. The second-order valence-electron chi connectivity index (χ2n) is 6.52. The van der Waals surface area contributed by atoms with Crippen LogP contribution >= 0.6 is 35.3 Å². The van der Waals surface area contributed by atoms with Crippen molar-refractivity contribution in [2.45, 2.75) is 39.3 Å². The van der Waals surface area contributed by atoms with Crippen LogP contribution in [0.25, 0.3) is 0 Å². The normalized spacial score (nSPS) is 11.6. The zero-order valence-corrected chi connectivity index (χ0v) is 18.6. The van der Waals surface area contributed by atoms with E-state index in [1.165, 1.54) is 5.56 Å². The van der Waals surface area contributed by atoms with Gasteiger partial charge in [0.25, 0.3) is 0 Å². The first kappa shape index (κ1) is 21.7. The fourth-order valence-corrected chi connectivity index (χ4v) is 2.96. The van der Waals surface area contributed by atoms with Crippen LogP contribution in [0.5, 0.6) is 5.75 Å². The van der Waals surface area contributed by atoms with Crippen molar-refractivity contribution in [2.24, 2.45) is 4.99 Å². The molecule has 2 aromatic rings. The van der Waals surface area contributed by atoms with Crippen LogP contribution in [0.15, 0.2) is 34.6 Å². The molecule has 0 fully saturated rings. The fraction of sp³-hybridized carbons (Fsp3) is 0.444. The third kappa shape index (κ3) is 6.81. The van der Waals surface area contributed by atoms with Crippen molar-refractivity contribution in [2.75, 3.05) is 14.2 Å². The van der Waals surface area contributed by atoms with E-state index < -0.39 is 0 Å². The zero-order valence-electron chi connectivity index (χ0n) is 15.4. The van der Waals surface area contributed by atoms with Gasteiger partial charge in [-0.05, 0) is 17.7 Å². The number of aromatic nitrogens is 1. The van der Waals surface area contributed by atoms with Crippen LogP contribution in [0, 0.1) is 0 Å². The van der Waals surface area contributed by atoms with Crippen LogP contribution in [-0.4, -0.2) is 25.1 Å². The van der Waals surface area contributed by atoms with Crippen LogP contribution < -0.4 is 15.4 Å². The van der Waals surface area contributed by atoms with E-state index in [0.717, 1.165) is 22.4 Å². The summed E-state index contributed by atoms with van der Waals surface area (Å²) >= 11 is 1.71. The summed E-state index contributed by atoms with van der Waals surface area (Å²) in [5.74, 6) is 1.62. The number of hydrogen-bond acceptors (Lipinski definition) is 4. The first-order valence-corrected chi connectivity index (χ1v) is 8.82. The van der Waals surface area contributed by atoms with Crippen molar-refractivity contribution in [3.8, 4) is 5.75 Å². The highest BCUT2D eigenvalue weighted by molar-refractivity contribution is 14.0. The maximum absolute atomic E-state index is 5.17. The predicted octanol–water partition coefficient (Wildman–Crippen LogP) is 3.93. The molecule has 2 N–H and O–H groups in total. The lowest BCUT2D eigenvalue weighted by Crippen LogP contribution is -2.36. The molecule has 7 heteroatoms. The number of aliphatic imine (C=N–C) groups is 1.